The largest absolute Gasteiger partial charge is 0.366 e. The third-order valence-corrected chi connectivity index (χ3v) is 3.05. The Labute approximate surface area is 120 Å². The predicted molar refractivity (Wildman–Crippen MR) is 79.6 cm³/mol. The number of nitrogen functional groups attached to an aromatic ring is 1. The lowest BCUT2D eigenvalue weighted by molar-refractivity contribution is -0.115. The van der Waals surface area contributed by atoms with Gasteiger partial charge in [0.2, 0.25) is 11.9 Å². The van der Waals surface area contributed by atoms with Gasteiger partial charge in [0, 0.05) is 17.7 Å². The Kier molecular flexibility index (Phi) is 3.23. The Bertz CT molecular complexity index is 810. The summed E-state index contributed by atoms with van der Waals surface area (Å²) in [5, 5.41) is 14.9. The van der Waals surface area contributed by atoms with Crippen LogP contribution in [0.25, 0.3) is 16.9 Å². The Morgan fingerprint density at radius 2 is 2.14 bits per heavy atom. The lowest BCUT2D eigenvalue weighted by Gasteiger charge is -2.06. The van der Waals surface area contributed by atoms with Crippen LogP contribution in [0.5, 0.6) is 0 Å². The molecule has 0 saturated heterocycles. The van der Waals surface area contributed by atoms with E-state index < -0.39 is 0 Å². The third-order valence-electron chi connectivity index (χ3n) is 3.05. The highest BCUT2D eigenvalue weighted by Crippen LogP contribution is 2.21. The molecule has 3 rings (SSSR count). The number of anilines is 2. The number of benzene rings is 1. The second kappa shape index (κ2) is 5.20. The second-order valence-electron chi connectivity index (χ2n) is 4.53. The van der Waals surface area contributed by atoms with Gasteiger partial charge in [0.25, 0.3) is 0 Å². The fourth-order valence-corrected chi connectivity index (χ4v) is 1.97. The van der Waals surface area contributed by atoms with E-state index in [0.29, 0.717) is 12.1 Å². The normalized spacial score (nSPS) is 10.7. The van der Waals surface area contributed by atoms with Crippen molar-refractivity contribution < 1.29 is 4.79 Å². The molecule has 21 heavy (non-hydrogen) atoms. The molecule has 7 heteroatoms. The number of aromatic nitrogens is 4. The first-order valence-corrected chi connectivity index (χ1v) is 6.55. The van der Waals surface area contributed by atoms with E-state index in [0.717, 1.165) is 16.9 Å². The Hall–Kier alpha value is -2.96. The summed E-state index contributed by atoms with van der Waals surface area (Å²) in [5.41, 5.74) is 8.63. The standard InChI is InChI=1S/C14H14N6O/c1-2-13(21)16-10-5-3-4-9(8-10)11-6-7-12-17-18-14(15)20(12)19-11/h3-8H,2H2,1H3,(H2,15,18)(H,16,21). The molecule has 3 N–H and O–H groups in total. The molecule has 3 aromatic rings. The van der Waals surface area contributed by atoms with Crippen molar-refractivity contribution in [3.05, 3.63) is 36.4 Å². The van der Waals surface area contributed by atoms with Crippen molar-refractivity contribution in [2.45, 2.75) is 13.3 Å². The van der Waals surface area contributed by atoms with E-state index in [4.69, 9.17) is 5.73 Å². The molecule has 2 aromatic heterocycles. The van der Waals surface area contributed by atoms with Crippen LogP contribution >= 0.6 is 0 Å². The zero-order valence-electron chi connectivity index (χ0n) is 11.4. The van der Waals surface area contributed by atoms with Crippen molar-refractivity contribution in [1.82, 2.24) is 19.8 Å². The average molecular weight is 282 g/mol. The highest BCUT2D eigenvalue weighted by Gasteiger charge is 2.07. The number of fused-ring (bicyclic) bond motifs is 1. The number of amides is 1. The molecule has 0 bridgehead atoms. The maximum atomic E-state index is 11.4. The first-order chi connectivity index (χ1) is 10.2. The van der Waals surface area contributed by atoms with Crippen LogP contribution in [0.3, 0.4) is 0 Å². The van der Waals surface area contributed by atoms with Crippen molar-refractivity contribution in [1.29, 1.82) is 0 Å². The molecule has 0 fully saturated rings. The van der Waals surface area contributed by atoms with Crippen molar-refractivity contribution in [3.8, 4) is 11.3 Å². The summed E-state index contributed by atoms with van der Waals surface area (Å²) < 4.78 is 1.48. The number of rotatable bonds is 3. The molecule has 0 unspecified atom stereocenters. The summed E-state index contributed by atoms with van der Waals surface area (Å²) >= 11 is 0. The Morgan fingerprint density at radius 3 is 2.95 bits per heavy atom. The van der Waals surface area contributed by atoms with E-state index in [1.165, 1.54) is 4.52 Å². The van der Waals surface area contributed by atoms with E-state index in [9.17, 15) is 4.79 Å². The van der Waals surface area contributed by atoms with Crippen LogP contribution in [0, 0.1) is 0 Å². The number of nitrogens with zero attached hydrogens (tertiary/aromatic N) is 4. The van der Waals surface area contributed by atoms with E-state index in [2.05, 4.69) is 20.6 Å². The monoisotopic (exact) mass is 282 g/mol. The van der Waals surface area contributed by atoms with Crippen molar-refractivity contribution in [2.75, 3.05) is 11.1 Å². The molecule has 0 spiro atoms. The fraction of sp³-hybridized carbons (Fsp3) is 0.143. The van der Waals surface area contributed by atoms with Crippen molar-refractivity contribution >= 4 is 23.2 Å². The van der Waals surface area contributed by atoms with Crippen molar-refractivity contribution in [3.63, 3.8) is 0 Å². The van der Waals surface area contributed by atoms with E-state index in [1.54, 1.807) is 6.07 Å². The molecule has 7 nitrogen and oxygen atoms in total. The zero-order chi connectivity index (χ0) is 14.8. The molecule has 0 atom stereocenters. The molecule has 2 heterocycles. The highest BCUT2D eigenvalue weighted by molar-refractivity contribution is 5.91. The molecule has 0 saturated carbocycles. The summed E-state index contributed by atoms with van der Waals surface area (Å²) in [7, 11) is 0. The summed E-state index contributed by atoms with van der Waals surface area (Å²) in [6.45, 7) is 1.81. The molecule has 0 radical (unpaired) electrons. The first kappa shape index (κ1) is 13.0. The SMILES string of the molecule is CCC(=O)Nc1cccc(-c2ccc3nnc(N)n3n2)c1. The third kappa shape index (κ3) is 2.53. The van der Waals surface area contributed by atoms with Gasteiger partial charge < -0.3 is 11.1 Å². The van der Waals surface area contributed by atoms with Gasteiger partial charge in [0.15, 0.2) is 5.65 Å². The minimum absolute atomic E-state index is 0.0291. The van der Waals surface area contributed by atoms with E-state index >= 15 is 0 Å². The van der Waals surface area contributed by atoms with Gasteiger partial charge >= 0.3 is 0 Å². The average Bonchev–Trinajstić information content (AvgIpc) is 2.88. The summed E-state index contributed by atoms with van der Waals surface area (Å²) in [6.07, 6.45) is 0.436. The van der Waals surface area contributed by atoms with Crippen LogP contribution in [0.1, 0.15) is 13.3 Å². The molecule has 1 amide bonds. The molecule has 1 aromatic carbocycles. The van der Waals surface area contributed by atoms with Crippen molar-refractivity contribution in [2.24, 2.45) is 0 Å². The highest BCUT2D eigenvalue weighted by atomic mass is 16.1. The molecular formula is C14H14N6O. The Morgan fingerprint density at radius 1 is 1.29 bits per heavy atom. The van der Waals surface area contributed by atoms with Gasteiger partial charge in [0.1, 0.15) is 0 Å². The number of hydrogen-bond acceptors (Lipinski definition) is 5. The Balaban J connectivity index is 1.99. The molecule has 0 aliphatic heterocycles. The summed E-state index contributed by atoms with van der Waals surface area (Å²) in [6, 6.07) is 11.1. The minimum atomic E-state index is -0.0291. The van der Waals surface area contributed by atoms with Crippen LogP contribution in [-0.2, 0) is 4.79 Å². The van der Waals surface area contributed by atoms with Crippen LogP contribution in [0.15, 0.2) is 36.4 Å². The van der Waals surface area contributed by atoms with Gasteiger partial charge in [-0.2, -0.15) is 9.61 Å². The maximum Gasteiger partial charge on any atom is 0.243 e. The van der Waals surface area contributed by atoms with Gasteiger partial charge in [-0.1, -0.05) is 19.1 Å². The van der Waals surface area contributed by atoms with Crippen LogP contribution in [0.4, 0.5) is 11.6 Å². The number of nitrogens with one attached hydrogen (secondary N) is 1. The lowest BCUT2D eigenvalue weighted by Crippen LogP contribution is -2.09. The van der Waals surface area contributed by atoms with Gasteiger partial charge in [-0.15, -0.1) is 10.2 Å². The minimum Gasteiger partial charge on any atom is -0.366 e. The predicted octanol–water partition coefficient (Wildman–Crippen LogP) is 1.72. The summed E-state index contributed by atoms with van der Waals surface area (Å²) in [5.74, 6) is 0.209. The number of carbonyl (C=O) groups is 1. The van der Waals surface area contributed by atoms with E-state index in [-0.39, 0.29) is 11.9 Å². The van der Waals surface area contributed by atoms with Gasteiger partial charge in [0.05, 0.1) is 5.69 Å². The lowest BCUT2D eigenvalue weighted by atomic mass is 10.1. The van der Waals surface area contributed by atoms with Gasteiger partial charge in [-0.3, -0.25) is 4.79 Å². The molecular weight excluding hydrogens is 268 g/mol. The fourth-order valence-electron chi connectivity index (χ4n) is 1.97. The number of hydrogen-bond donors (Lipinski definition) is 2. The van der Waals surface area contributed by atoms with Crippen LogP contribution in [0.2, 0.25) is 0 Å². The zero-order valence-corrected chi connectivity index (χ0v) is 11.4. The van der Waals surface area contributed by atoms with Gasteiger partial charge in [-0.25, -0.2) is 0 Å². The summed E-state index contributed by atoms with van der Waals surface area (Å²) in [4.78, 5) is 11.4. The number of carbonyl (C=O) groups excluding carboxylic acids is 1. The molecule has 0 aliphatic carbocycles. The quantitative estimate of drug-likeness (QED) is 0.762. The first-order valence-electron chi connectivity index (χ1n) is 6.55. The van der Waals surface area contributed by atoms with Crippen LogP contribution < -0.4 is 11.1 Å². The smallest absolute Gasteiger partial charge is 0.243 e. The second-order valence-corrected chi connectivity index (χ2v) is 4.53. The number of nitrogens with two attached hydrogens (primary N) is 1. The van der Waals surface area contributed by atoms with E-state index in [1.807, 2.05) is 37.3 Å². The van der Waals surface area contributed by atoms with Crippen LogP contribution in [-0.4, -0.2) is 25.7 Å². The maximum absolute atomic E-state index is 11.4. The molecule has 106 valence electrons. The van der Waals surface area contributed by atoms with Gasteiger partial charge in [-0.05, 0) is 24.3 Å². The topological polar surface area (TPSA) is 98.2 Å². The molecule has 0 aliphatic rings.